The summed E-state index contributed by atoms with van der Waals surface area (Å²) in [7, 11) is 0. The van der Waals surface area contributed by atoms with Crippen LogP contribution in [0.15, 0.2) is 54.6 Å². The summed E-state index contributed by atoms with van der Waals surface area (Å²) < 4.78 is 0. The summed E-state index contributed by atoms with van der Waals surface area (Å²) in [5, 5.41) is 25.3. The number of amides is 2. The number of hydrazine groups is 1. The molecule has 0 saturated carbocycles. The van der Waals surface area contributed by atoms with Gasteiger partial charge in [0.25, 0.3) is 0 Å². The number of phenols is 1. The zero-order valence-corrected chi connectivity index (χ0v) is 16.4. The highest BCUT2D eigenvalue weighted by atomic mass is 35.5. The Balaban J connectivity index is 1.73. The number of rotatable bonds is 4. The van der Waals surface area contributed by atoms with Crippen molar-refractivity contribution in [2.75, 3.05) is 5.43 Å². The number of anilines is 1. The molecule has 2 aromatic rings. The number of aromatic hydroxyl groups is 1. The molecule has 9 heteroatoms. The van der Waals surface area contributed by atoms with Crippen molar-refractivity contribution in [1.82, 2.24) is 10.3 Å². The zero-order valence-electron chi connectivity index (χ0n) is 14.9. The predicted molar refractivity (Wildman–Crippen MR) is 108 cm³/mol. The van der Waals surface area contributed by atoms with Crippen molar-refractivity contribution in [2.24, 2.45) is 5.92 Å². The highest BCUT2D eigenvalue weighted by Gasteiger charge is 2.49. The summed E-state index contributed by atoms with van der Waals surface area (Å²) in [5.74, 6) is -1.58. The van der Waals surface area contributed by atoms with Crippen LogP contribution >= 0.6 is 23.2 Å². The highest BCUT2D eigenvalue weighted by Crippen LogP contribution is 2.35. The minimum Gasteiger partial charge on any atom is -0.508 e. The molecule has 150 valence electrons. The number of aliphatic hydroxyl groups excluding tert-OH is 1. The van der Waals surface area contributed by atoms with E-state index >= 15 is 0 Å². The third-order valence-electron chi connectivity index (χ3n) is 5.01. The van der Waals surface area contributed by atoms with Gasteiger partial charge >= 0.3 is 0 Å². The second kappa shape index (κ2) is 7.68. The maximum absolute atomic E-state index is 12.5. The van der Waals surface area contributed by atoms with Crippen LogP contribution in [0, 0.1) is 5.92 Å². The van der Waals surface area contributed by atoms with Crippen LogP contribution in [0.1, 0.15) is 11.7 Å². The van der Waals surface area contributed by atoms with E-state index in [0.29, 0.717) is 21.3 Å². The average Bonchev–Trinajstić information content (AvgIpc) is 2.97. The molecule has 0 aromatic heterocycles. The fourth-order valence-corrected chi connectivity index (χ4v) is 4.07. The molecule has 2 amide bonds. The number of nitrogens with one attached hydrogen (secondary N) is 2. The van der Waals surface area contributed by atoms with Crippen LogP contribution in [0.3, 0.4) is 0 Å². The van der Waals surface area contributed by atoms with E-state index in [0.717, 1.165) is 0 Å². The lowest BCUT2D eigenvalue weighted by molar-refractivity contribution is -0.126. The second-order valence-corrected chi connectivity index (χ2v) is 7.73. The number of hydrogen-bond donors (Lipinski definition) is 4. The second-order valence-electron chi connectivity index (χ2n) is 6.88. The van der Waals surface area contributed by atoms with Gasteiger partial charge in [-0.3, -0.25) is 14.9 Å². The summed E-state index contributed by atoms with van der Waals surface area (Å²) in [4.78, 5) is 24.6. The summed E-state index contributed by atoms with van der Waals surface area (Å²) in [6, 6.07) is 9.44. The first-order valence-electron chi connectivity index (χ1n) is 8.85. The lowest BCUT2D eigenvalue weighted by atomic mass is 9.90. The molecule has 0 radical (unpaired) electrons. The van der Waals surface area contributed by atoms with E-state index in [1.165, 1.54) is 17.1 Å². The Morgan fingerprint density at radius 3 is 2.59 bits per heavy atom. The SMILES string of the molecule is O=C1NC(=O)C2C1C=CC(C(O)c1cccc(O)c1)N2Nc1ccc(Cl)cc1Cl. The third kappa shape index (κ3) is 3.70. The van der Waals surface area contributed by atoms with E-state index in [1.54, 1.807) is 42.5 Å². The lowest BCUT2D eigenvalue weighted by Crippen LogP contribution is -2.55. The maximum Gasteiger partial charge on any atom is 0.246 e. The molecule has 0 spiro atoms. The Hall–Kier alpha value is -2.58. The van der Waals surface area contributed by atoms with E-state index in [9.17, 15) is 19.8 Å². The first-order valence-corrected chi connectivity index (χ1v) is 9.61. The van der Waals surface area contributed by atoms with Crippen LogP contribution in [0.5, 0.6) is 5.75 Å². The summed E-state index contributed by atoms with van der Waals surface area (Å²) >= 11 is 12.2. The molecular weight excluding hydrogens is 417 g/mol. The Kier molecular flexibility index (Phi) is 5.23. The van der Waals surface area contributed by atoms with Crippen molar-refractivity contribution in [2.45, 2.75) is 18.2 Å². The fourth-order valence-electron chi connectivity index (χ4n) is 3.62. The predicted octanol–water partition coefficient (Wildman–Crippen LogP) is 2.64. The summed E-state index contributed by atoms with van der Waals surface area (Å²) in [6.45, 7) is 0. The monoisotopic (exact) mass is 433 g/mol. The molecule has 0 bridgehead atoms. The molecular formula is C20H17Cl2N3O4. The molecule has 2 heterocycles. The first-order chi connectivity index (χ1) is 13.8. The smallest absolute Gasteiger partial charge is 0.246 e. The molecule has 4 unspecified atom stereocenters. The van der Waals surface area contributed by atoms with Crippen LogP contribution < -0.4 is 10.7 Å². The van der Waals surface area contributed by atoms with Gasteiger partial charge in [-0.05, 0) is 35.9 Å². The van der Waals surface area contributed by atoms with Crippen LogP contribution in [0.2, 0.25) is 10.0 Å². The standard InChI is InChI=1S/C20H17Cl2N3O4/c21-11-4-6-15(14(22)9-11)24-25-16(18(27)10-2-1-3-12(26)8-10)7-5-13-17(25)20(29)23-19(13)28/h1-9,13,16-18,24,26-27H,(H,23,28,29). The molecule has 1 saturated heterocycles. The van der Waals surface area contributed by atoms with Crippen molar-refractivity contribution in [1.29, 1.82) is 0 Å². The van der Waals surface area contributed by atoms with E-state index in [-0.39, 0.29) is 5.75 Å². The number of carbonyl (C=O) groups excluding carboxylic acids is 2. The number of fused-ring (bicyclic) bond motifs is 1. The number of halogens is 2. The van der Waals surface area contributed by atoms with Gasteiger partial charge in [0.1, 0.15) is 17.9 Å². The van der Waals surface area contributed by atoms with Crippen LogP contribution in [-0.4, -0.2) is 39.1 Å². The number of benzene rings is 2. The van der Waals surface area contributed by atoms with Gasteiger partial charge < -0.3 is 15.6 Å². The van der Waals surface area contributed by atoms with Crippen molar-refractivity contribution < 1.29 is 19.8 Å². The number of hydrogen-bond acceptors (Lipinski definition) is 6. The maximum atomic E-state index is 12.5. The number of nitrogens with zero attached hydrogens (tertiary/aromatic N) is 1. The Morgan fingerprint density at radius 2 is 1.86 bits per heavy atom. The Morgan fingerprint density at radius 1 is 1.07 bits per heavy atom. The van der Waals surface area contributed by atoms with Gasteiger partial charge in [-0.25, -0.2) is 5.01 Å². The minimum absolute atomic E-state index is 0.00765. The van der Waals surface area contributed by atoms with Crippen molar-refractivity contribution in [3.05, 3.63) is 70.2 Å². The van der Waals surface area contributed by atoms with Gasteiger partial charge in [0.2, 0.25) is 11.8 Å². The van der Waals surface area contributed by atoms with Crippen LogP contribution in [-0.2, 0) is 9.59 Å². The number of phenolic OH excluding ortho intramolecular Hbond substituents is 1. The van der Waals surface area contributed by atoms with Crippen molar-refractivity contribution >= 4 is 40.7 Å². The van der Waals surface area contributed by atoms with Gasteiger partial charge in [-0.1, -0.05) is 47.5 Å². The highest BCUT2D eigenvalue weighted by molar-refractivity contribution is 6.36. The quantitative estimate of drug-likeness (QED) is 0.436. The topological polar surface area (TPSA) is 102 Å². The van der Waals surface area contributed by atoms with Crippen molar-refractivity contribution in [3.8, 4) is 5.75 Å². The van der Waals surface area contributed by atoms with Gasteiger partial charge in [-0.15, -0.1) is 0 Å². The molecule has 29 heavy (non-hydrogen) atoms. The fraction of sp³-hybridized carbons (Fsp3) is 0.200. The number of imide groups is 1. The normalized spacial score (nSPS) is 24.9. The van der Waals surface area contributed by atoms with Gasteiger partial charge in [-0.2, -0.15) is 0 Å². The molecule has 4 N–H and O–H groups in total. The van der Waals surface area contributed by atoms with Gasteiger partial charge in [0, 0.05) is 5.02 Å². The summed E-state index contributed by atoms with van der Waals surface area (Å²) in [5.41, 5.74) is 3.99. The molecule has 4 atom stereocenters. The van der Waals surface area contributed by atoms with E-state index < -0.39 is 35.9 Å². The molecule has 4 rings (SSSR count). The lowest BCUT2D eigenvalue weighted by Gasteiger charge is -2.40. The molecule has 0 aliphatic carbocycles. The third-order valence-corrected chi connectivity index (χ3v) is 5.56. The number of carbonyl (C=O) groups is 2. The molecule has 2 aromatic carbocycles. The summed E-state index contributed by atoms with van der Waals surface area (Å²) in [6.07, 6.45) is 2.18. The first kappa shape index (κ1) is 19.7. The van der Waals surface area contributed by atoms with E-state index in [4.69, 9.17) is 23.2 Å². The Bertz CT molecular complexity index is 1010. The minimum atomic E-state index is -1.10. The largest absolute Gasteiger partial charge is 0.508 e. The molecule has 7 nitrogen and oxygen atoms in total. The Labute approximate surface area is 176 Å². The van der Waals surface area contributed by atoms with Gasteiger partial charge in [0.05, 0.1) is 22.7 Å². The van der Waals surface area contributed by atoms with Crippen molar-refractivity contribution in [3.63, 3.8) is 0 Å². The van der Waals surface area contributed by atoms with Gasteiger partial charge in [0.15, 0.2) is 0 Å². The number of aliphatic hydroxyl groups is 1. The molecule has 1 fully saturated rings. The van der Waals surface area contributed by atoms with E-state index in [2.05, 4.69) is 10.7 Å². The van der Waals surface area contributed by atoms with Crippen LogP contribution in [0.25, 0.3) is 0 Å². The molecule has 2 aliphatic rings. The average molecular weight is 434 g/mol. The van der Waals surface area contributed by atoms with E-state index in [1.807, 2.05) is 0 Å². The molecule has 2 aliphatic heterocycles. The van der Waals surface area contributed by atoms with Crippen LogP contribution in [0.4, 0.5) is 5.69 Å². The zero-order chi connectivity index (χ0) is 20.7.